The molecule has 2 aliphatic heterocycles. The van der Waals surface area contributed by atoms with Gasteiger partial charge in [0, 0.05) is 19.0 Å². The predicted octanol–water partition coefficient (Wildman–Crippen LogP) is 1.78. The molecule has 2 rings (SSSR count). The van der Waals surface area contributed by atoms with Gasteiger partial charge in [0.1, 0.15) is 0 Å². The third-order valence-electron chi connectivity index (χ3n) is 4.11. The first-order valence-corrected chi connectivity index (χ1v) is 6.82. The fraction of sp³-hybridized carbons (Fsp3) is 0.923. The second-order valence-corrected chi connectivity index (χ2v) is 5.16. The zero-order chi connectivity index (χ0) is 11.4. The minimum atomic E-state index is 0.202. The zero-order valence-corrected chi connectivity index (χ0v) is 10.4. The molecule has 1 amide bonds. The molecule has 0 saturated carbocycles. The van der Waals surface area contributed by atoms with Crippen LogP contribution in [0, 0.1) is 5.92 Å². The normalized spacial score (nSPS) is 30.8. The Morgan fingerprint density at radius 2 is 2.06 bits per heavy atom. The maximum atomic E-state index is 11.3. The lowest BCUT2D eigenvalue weighted by molar-refractivity contribution is -0.121. The molecule has 2 fully saturated rings. The van der Waals surface area contributed by atoms with Gasteiger partial charge in [-0.05, 0) is 44.7 Å². The molecule has 0 spiro atoms. The number of amides is 1. The Kier molecular flexibility index (Phi) is 4.22. The van der Waals surface area contributed by atoms with Crippen LogP contribution >= 0.6 is 0 Å². The molecule has 0 aliphatic carbocycles. The zero-order valence-electron chi connectivity index (χ0n) is 10.4. The molecular weight excluding hydrogens is 200 g/mol. The van der Waals surface area contributed by atoms with Crippen molar-refractivity contribution in [3.8, 4) is 0 Å². The Balaban J connectivity index is 1.85. The Morgan fingerprint density at radius 1 is 1.25 bits per heavy atom. The van der Waals surface area contributed by atoms with E-state index in [1.807, 2.05) is 6.92 Å². The minimum absolute atomic E-state index is 0.202. The molecule has 92 valence electrons. The first-order valence-electron chi connectivity index (χ1n) is 6.82. The van der Waals surface area contributed by atoms with Gasteiger partial charge in [0.15, 0.2) is 0 Å². The molecule has 0 bridgehead atoms. The molecular formula is C13H24N2O. The first-order chi connectivity index (χ1) is 7.81. The number of hydrogen-bond donors (Lipinski definition) is 1. The summed E-state index contributed by atoms with van der Waals surface area (Å²) in [7, 11) is 0. The third-order valence-corrected chi connectivity index (χ3v) is 4.11. The van der Waals surface area contributed by atoms with Crippen molar-refractivity contribution >= 4 is 5.91 Å². The summed E-state index contributed by atoms with van der Waals surface area (Å²) in [5.41, 5.74) is 0. The van der Waals surface area contributed by atoms with E-state index < -0.39 is 0 Å². The van der Waals surface area contributed by atoms with Gasteiger partial charge in [-0.3, -0.25) is 4.79 Å². The van der Waals surface area contributed by atoms with Crippen molar-refractivity contribution in [1.82, 2.24) is 10.2 Å². The Bertz CT molecular complexity index is 240. The average molecular weight is 224 g/mol. The van der Waals surface area contributed by atoms with E-state index in [2.05, 4.69) is 10.2 Å². The van der Waals surface area contributed by atoms with Crippen LogP contribution < -0.4 is 5.32 Å². The predicted molar refractivity (Wildman–Crippen MR) is 65.2 cm³/mol. The highest BCUT2D eigenvalue weighted by atomic mass is 16.1. The van der Waals surface area contributed by atoms with Crippen LogP contribution in [-0.2, 0) is 4.79 Å². The highest BCUT2D eigenvalue weighted by Crippen LogP contribution is 2.30. The topological polar surface area (TPSA) is 32.3 Å². The molecule has 0 radical (unpaired) electrons. The van der Waals surface area contributed by atoms with Crippen molar-refractivity contribution < 1.29 is 4.79 Å². The fourth-order valence-electron chi connectivity index (χ4n) is 3.19. The van der Waals surface area contributed by atoms with E-state index in [9.17, 15) is 4.79 Å². The summed E-state index contributed by atoms with van der Waals surface area (Å²) in [6.07, 6.45) is 7.30. The standard InChI is InChI=1S/C13H24N2O/c1-2-13(16)14-10-11-6-5-9-15-8-4-3-7-12(11)15/h11-12H,2-10H2,1H3,(H,14,16)/t11-,12+/m0/s1. The summed E-state index contributed by atoms with van der Waals surface area (Å²) < 4.78 is 0. The Hall–Kier alpha value is -0.570. The summed E-state index contributed by atoms with van der Waals surface area (Å²) in [4.78, 5) is 13.9. The van der Waals surface area contributed by atoms with Crippen LogP contribution in [0.3, 0.4) is 0 Å². The van der Waals surface area contributed by atoms with E-state index in [4.69, 9.17) is 0 Å². The SMILES string of the molecule is CCC(=O)NC[C@@H]1CCCN2CCCC[C@H]12. The summed E-state index contributed by atoms with van der Waals surface area (Å²) in [5, 5.41) is 3.07. The molecule has 2 aliphatic rings. The van der Waals surface area contributed by atoms with E-state index in [0.29, 0.717) is 12.3 Å². The average Bonchev–Trinajstić information content (AvgIpc) is 2.35. The van der Waals surface area contributed by atoms with Crippen LogP contribution in [0.2, 0.25) is 0 Å². The number of hydrogen-bond acceptors (Lipinski definition) is 2. The Morgan fingerprint density at radius 3 is 2.88 bits per heavy atom. The number of nitrogens with zero attached hydrogens (tertiary/aromatic N) is 1. The van der Waals surface area contributed by atoms with Gasteiger partial charge in [0.25, 0.3) is 0 Å². The molecule has 2 heterocycles. The molecule has 16 heavy (non-hydrogen) atoms. The highest BCUT2D eigenvalue weighted by molar-refractivity contribution is 5.75. The van der Waals surface area contributed by atoms with Crippen molar-refractivity contribution in [3.05, 3.63) is 0 Å². The van der Waals surface area contributed by atoms with Crippen molar-refractivity contribution in [1.29, 1.82) is 0 Å². The van der Waals surface area contributed by atoms with Crippen LogP contribution in [0.25, 0.3) is 0 Å². The van der Waals surface area contributed by atoms with Gasteiger partial charge >= 0.3 is 0 Å². The van der Waals surface area contributed by atoms with Gasteiger partial charge in [0.2, 0.25) is 5.91 Å². The lowest BCUT2D eigenvalue weighted by Crippen LogP contribution is -2.50. The van der Waals surface area contributed by atoms with Gasteiger partial charge in [-0.15, -0.1) is 0 Å². The van der Waals surface area contributed by atoms with Gasteiger partial charge < -0.3 is 10.2 Å². The summed E-state index contributed by atoms with van der Waals surface area (Å²) in [5.74, 6) is 0.900. The smallest absolute Gasteiger partial charge is 0.219 e. The highest BCUT2D eigenvalue weighted by Gasteiger charge is 2.32. The van der Waals surface area contributed by atoms with E-state index in [1.165, 1.54) is 45.2 Å². The maximum absolute atomic E-state index is 11.3. The van der Waals surface area contributed by atoms with Crippen LogP contribution in [0.5, 0.6) is 0 Å². The number of nitrogens with one attached hydrogen (secondary N) is 1. The number of carbonyl (C=O) groups is 1. The van der Waals surface area contributed by atoms with Crippen LogP contribution in [0.15, 0.2) is 0 Å². The molecule has 2 atom stereocenters. The van der Waals surface area contributed by atoms with Crippen LogP contribution in [-0.4, -0.2) is 36.5 Å². The van der Waals surface area contributed by atoms with E-state index >= 15 is 0 Å². The molecule has 0 aromatic carbocycles. The number of rotatable bonds is 3. The summed E-state index contributed by atoms with van der Waals surface area (Å²) in [6, 6.07) is 0.750. The third kappa shape index (κ3) is 2.76. The van der Waals surface area contributed by atoms with E-state index in [0.717, 1.165) is 12.6 Å². The molecule has 0 unspecified atom stereocenters. The van der Waals surface area contributed by atoms with E-state index in [-0.39, 0.29) is 5.91 Å². The van der Waals surface area contributed by atoms with Gasteiger partial charge in [-0.2, -0.15) is 0 Å². The number of carbonyl (C=O) groups excluding carboxylic acids is 1. The van der Waals surface area contributed by atoms with Crippen molar-refractivity contribution in [3.63, 3.8) is 0 Å². The van der Waals surface area contributed by atoms with E-state index in [1.54, 1.807) is 0 Å². The van der Waals surface area contributed by atoms with Crippen LogP contribution in [0.4, 0.5) is 0 Å². The van der Waals surface area contributed by atoms with Crippen molar-refractivity contribution in [2.24, 2.45) is 5.92 Å². The van der Waals surface area contributed by atoms with Crippen molar-refractivity contribution in [2.75, 3.05) is 19.6 Å². The lowest BCUT2D eigenvalue weighted by atomic mass is 9.83. The largest absolute Gasteiger partial charge is 0.356 e. The van der Waals surface area contributed by atoms with Crippen LogP contribution in [0.1, 0.15) is 45.4 Å². The van der Waals surface area contributed by atoms with Gasteiger partial charge in [-0.25, -0.2) is 0 Å². The number of fused-ring (bicyclic) bond motifs is 1. The molecule has 3 nitrogen and oxygen atoms in total. The molecule has 1 N–H and O–H groups in total. The minimum Gasteiger partial charge on any atom is -0.356 e. The monoisotopic (exact) mass is 224 g/mol. The van der Waals surface area contributed by atoms with Gasteiger partial charge in [-0.1, -0.05) is 13.3 Å². The van der Waals surface area contributed by atoms with Crippen molar-refractivity contribution in [2.45, 2.75) is 51.5 Å². The van der Waals surface area contributed by atoms with Gasteiger partial charge in [0.05, 0.1) is 0 Å². The first kappa shape index (κ1) is 11.9. The molecule has 3 heteroatoms. The number of piperidine rings is 2. The lowest BCUT2D eigenvalue weighted by Gasteiger charge is -2.44. The second-order valence-electron chi connectivity index (χ2n) is 5.16. The second kappa shape index (κ2) is 5.67. The summed E-state index contributed by atoms with van der Waals surface area (Å²) in [6.45, 7) is 5.38. The maximum Gasteiger partial charge on any atom is 0.219 e. The quantitative estimate of drug-likeness (QED) is 0.792. The fourth-order valence-corrected chi connectivity index (χ4v) is 3.19. The molecule has 0 aromatic rings. The summed E-state index contributed by atoms with van der Waals surface area (Å²) >= 11 is 0. The molecule has 0 aromatic heterocycles. The Labute approximate surface area is 98.6 Å². The molecule has 2 saturated heterocycles.